The molecule has 0 saturated carbocycles. The molecule has 0 bridgehead atoms. The smallest absolute Gasteiger partial charge is 0.907 e. The van der Waals surface area contributed by atoms with Crippen LogP contribution in [0.15, 0.2) is 0 Å². The van der Waals surface area contributed by atoms with Crippen molar-refractivity contribution in [1.29, 1.82) is 0 Å². The van der Waals surface area contributed by atoms with Crippen molar-refractivity contribution in [2.24, 2.45) is 0 Å². The first-order chi connectivity index (χ1) is 1.73. The van der Waals surface area contributed by atoms with Crippen LogP contribution in [0.3, 0.4) is 0 Å². The van der Waals surface area contributed by atoms with Gasteiger partial charge in [-0.3, -0.25) is 7.32 Å². The molecule has 0 unspecified atom stereocenters. The van der Waals surface area contributed by atoms with Crippen LogP contribution in [0.2, 0.25) is 0 Å². The maximum atomic E-state index is 8.42. The average Bonchev–Trinajstić information content (AvgIpc) is 0.811. The van der Waals surface area contributed by atoms with E-state index < -0.39 is 7.32 Å². The van der Waals surface area contributed by atoms with Gasteiger partial charge in [-0.1, -0.05) is 0 Å². The van der Waals surface area contributed by atoms with Crippen LogP contribution >= 0.6 is 0 Å². The van der Waals surface area contributed by atoms with E-state index in [2.05, 4.69) is 0 Å². The molecule has 0 amide bonds. The standard InChI is InChI=1S/BO3.Fe.Zn/c2-1(3)4;;/q-3;2*+2. The Kier molecular flexibility index (Phi) is 24.7. The third kappa shape index (κ3) is 71.8. The minimum atomic E-state index is -2.92. The van der Waals surface area contributed by atoms with Gasteiger partial charge in [-0.2, -0.15) is 0 Å². The second kappa shape index (κ2) is 9.43. The molecular weight excluding hydrogens is 180 g/mol. The third-order valence-corrected chi connectivity index (χ3v) is 0. The van der Waals surface area contributed by atoms with Crippen molar-refractivity contribution in [3.63, 3.8) is 0 Å². The van der Waals surface area contributed by atoms with E-state index in [9.17, 15) is 0 Å². The molecule has 0 aromatic rings. The zero-order valence-corrected chi connectivity index (χ0v) is 6.93. The molecule has 0 spiro atoms. The van der Waals surface area contributed by atoms with Crippen LogP contribution in [0.25, 0.3) is 0 Å². The normalized spacial score (nSPS) is 4.50. The second-order valence-electron chi connectivity index (χ2n) is 0.289. The molecule has 30 valence electrons. The van der Waals surface area contributed by atoms with Crippen molar-refractivity contribution >= 4 is 7.32 Å². The van der Waals surface area contributed by atoms with Gasteiger partial charge < -0.3 is 15.1 Å². The van der Waals surface area contributed by atoms with Gasteiger partial charge in [0.1, 0.15) is 0 Å². The predicted octanol–water partition coefficient (Wildman–Crippen LogP) is -3.95. The molecule has 0 aliphatic heterocycles. The molecule has 6 heavy (non-hydrogen) atoms. The summed E-state index contributed by atoms with van der Waals surface area (Å²) in [5, 5.41) is 25.2. The molecule has 0 aromatic heterocycles. The third-order valence-electron chi connectivity index (χ3n) is 0. The summed E-state index contributed by atoms with van der Waals surface area (Å²) in [6, 6.07) is 0. The summed E-state index contributed by atoms with van der Waals surface area (Å²) in [6.07, 6.45) is 0. The average molecular weight is 180 g/mol. The van der Waals surface area contributed by atoms with Crippen molar-refractivity contribution in [2.75, 3.05) is 0 Å². The maximum absolute atomic E-state index is 8.42. The summed E-state index contributed by atoms with van der Waals surface area (Å²) >= 11 is 0. The fourth-order valence-corrected chi connectivity index (χ4v) is 0. The molecule has 0 fully saturated rings. The van der Waals surface area contributed by atoms with Gasteiger partial charge in [0.15, 0.2) is 0 Å². The van der Waals surface area contributed by atoms with Crippen LogP contribution in [0, 0.1) is 0 Å². The van der Waals surface area contributed by atoms with Crippen molar-refractivity contribution in [2.45, 2.75) is 0 Å². The van der Waals surface area contributed by atoms with Crippen LogP contribution in [0.1, 0.15) is 0 Å². The monoisotopic (exact) mass is 179 g/mol. The summed E-state index contributed by atoms with van der Waals surface area (Å²) in [5.41, 5.74) is 0. The largest absolute Gasteiger partial charge is 2.00 e. The molecule has 0 atom stereocenters. The van der Waals surface area contributed by atoms with Crippen LogP contribution in [-0.4, -0.2) is 7.32 Å². The van der Waals surface area contributed by atoms with Crippen molar-refractivity contribution < 1.29 is 51.6 Å². The Morgan fingerprint density at radius 2 is 1.00 bits per heavy atom. The van der Waals surface area contributed by atoms with Gasteiger partial charge >= 0.3 is 36.5 Å². The van der Waals surface area contributed by atoms with Crippen LogP contribution < -0.4 is 15.1 Å². The molecule has 0 heterocycles. The van der Waals surface area contributed by atoms with E-state index in [-0.39, 0.29) is 36.5 Å². The SMILES string of the molecule is [Fe+2].[O-]B([O-])[O-].[Zn+2]. The van der Waals surface area contributed by atoms with Crippen LogP contribution in [0.5, 0.6) is 0 Å². The first-order valence-corrected chi connectivity index (χ1v) is 0.707. The van der Waals surface area contributed by atoms with Gasteiger partial charge in [-0.15, -0.1) is 0 Å². The molecule has 0 aliphatic rings. The van der Waals surface area contributed by atoms with E-state index in [0.29, 0.717) is 0 Å². The summed E-state index contributed by atoms with van der Waals surface area (Å²) in [5.74, 6) is 0. The van der Waals surface area contributed by atoms with Gasteiger partial charge in [-0.05, 0) is 0 Å². The molecule has 0 radical (unpaired) electrons. The molecule has 0 rings (SSSR count). The summed E-state index contributed by atoms with van der Waals surface area (Å²) in [4.78, 5) is 0. The molecule has 0 aliphatic carbocycles. The van der Waals surface area contributed by atoms with E-state index in [1.54, 1.807) is 0 Å². The summed E-state index contributed by atoms with van der Waals surface area (Å²) in [6.45, 7) is 0. The topological polar surface area (TPSA) is 69.2 Å². The first kappa shape index (κ1) is 15.7. The number of hydrogen-bond acceptors (Lipinski definition) is 3. The summed E-state index contributed by atoms with van der Waals surface area (Å²) in [7, 11) is -2.92. The molecule has 6 heteroatoms. The Morgan fingerprint density at radius 1 is 1.00 bits per heavy atom. The van der Waals surface area contributed by atoms with Gasteiger partial charge in [0.05, 0.1) is 0 Å². The minimum Gasteiger partial charge on any atom is -0.907 e. The van der Waals surface area contributed by atoms with Crippen LogP contribution in [-0.2, 0) is 36.5 Å². The van der Waals surface area contributed by atoms with E-state index in [1.165, 1.54) is 0 Å². The zero-order chi connectivity index (χ0) is 3.58. The van der Waals surface area contributed by atoms with E-state index in [1.807, 2.05) is 0 Å². The molecular formula is BFeO3Zn+. The zero-order valence-electron chi connectivity index (χ0n) is 2.86. The molecule has 0 N–H and O–H groups in total. The Morgan fingerprint density at radius 3 is 1.00 bits per heavy atom. The van der Waals surface area contributed by atoms with Crippen molar-refractivity contribution in [3.05, 3.63) is 0 Å². The van der Waals surface area contributed by atoms with Crippen molar-refractivity contribution in [3.8, 4) is 0 Å². The van der Waals surface area contributed by atoms with E-state index in [0.717, 1.165) is 0 Å². The number of rotatable bonds is 0. The Labute approximate surface area is 59.2 Å². The van der Waals surface area contributed by atoms with E-state index >= 15 is 0 Å². The Balaban J connectivity index is -0.0000000450. The summed E-state index contributed by atoms with van der Waals surface area (Å²) < 4.78 is 0. The molecule has 0 saturated heterocycles. The maximum Gasteiger partial charge on any atom is 2.00 e. The van der Waals surface area contributed by atoms with Gasteiger partial charge in [-0.25, -0.2) is 0 Å². The molecule has 3 nitrogen and oxygen atoms in total. The van der Waals surface area contributed by atoms with Crippen molar-refractivity contribution in [1.82, 2.24) is 0 Å². The van der Waals surface area contributed by atoms with E-state index in [4.69, 9.17) is 15.1 Å². The van der Waals surface area contributed by atoms with Gasteiger partial charge in [0, 0.05) is 0 Å². The Hall–Kier alpha value is 1.09. The fourth-order valence-electron chi connectivity index (χ4n) is 0. The second-order valence-corrected chi connectivity index (χ2v) is 0.289. The van der Waals surface area contributed by atoms with Gasteiger partial charge in [0.2, 0.25) is 0 Å². The predicted molar refractivity (Wildman–Crippen MR) is 5.75 cm³/mol. The van der Waals surface area contributed by atoms with Gasteiger partial charge in [0.25, 0.3) is 0 Å². The number of hydrogen-bond donors (Lipinski definition) is 0. The quantitative estimate of drug-likeness (QED) is 0.357. The fraction of sp³-hybridized carbons (Fsp3) is 0. The Bertz CT molecular complexity index is 15.5. The minimum absolute atomic E-state index is 0. The first-order valence-electron chi connectivity index (χ1n) is 0.707. The van der Waals surface area contributed by atoms with Crippen LogP contribution in [0.4, 0.5) is 0 Å². The molecule has 0 aromatic carbocycles.